The molecular formula is C20H19NO2. The molecule has 3 aromatic rings. The molecule has 0 unspecified atom stereocenters. The molecular weight excluding hydrogens is 286 g/mol. The summed E-state index contributed by atoms with van der Waals surface area (Å²) in [4.78, 5) is 12.4. The number of benzene rings is 2. The molecule has 0 N–H and O–H groups in total. The fourth-order valence-electron chi connectivity index (χ4n) is 3.54. The van der Waals surface area contributed by atoms with Crippen molar-refractivity contribution in [3.63, 3.8) is 0 Å². The minimum atomic E-state index is 0.273. The van der Waals surface area contributed by atoms with Crippen LogP contribution in [0.4, 0.5) is 0 Å². The number of rotatable bonds is 3. The lowest BCUT2D eigenvalue weighted by Crippen LogP contribution is -2.14. The molecule has 0 bridgehead atoms. The van der Waals surface area contributed by atoms with Crippen LogP contribution < -0.4 is 4.74 Å². The fraction of sp³-hybridized carbons (Fsp3) is 0.250. The summed E-state index contributed by atoms with van der Waals surface area (Å²) in [6.45, 7) is 2.91. The first-order valence-electron chi connectivity index (χ1n) is 8.19. The molecule has 116 valence electrons. The highest BCUT2D eigenvalue weighted by molar-refractivity contribution is 6.04. The molecule has 0 atom stereocenters. The third kappa shape index (κ3) is 2.33. The molecule has 1 heterocycles. The van der Waals surface area contributed by atoms with Crippen molar-refractivity contribution in [3.8, 4) is 11.5 Å². The maximum atomic E-state index is 12.4. The number of nitrogens with zero attached hydrogens (tertiary/aromatic N) is 1. The van der Waals surface area contributed by atoms with Gasteiger partial charge in [0, 0.05) is 23.9 Å². The van der Waals surface area contributed by atoms with E-state index in [1.807, 2.05) is 36.4 Å². The van der Waals surface area contributed by atoms with Crippen LogP contribution >= 0.6 is 0 Å². The van der Waals surface area contributed by atoms with Gasteiger partial charge in [0.15, 0.2) is 5.78 Å². The molecule has 23 heavy (non-hydrogen) atoms. The second-order valence-electron chi connectivity index (χ2n) is 5.94. The highest BCUT2D eigenvalue weighted by Gasteiger charge is 2.25. The van der Waals surface area contributed by atoms with Crippen LogP contribution in [0.5, 0.6) is 11.5 Å². The predicted octanol–water partition coefficient (Wildman–Crippen LogP) is 4.97. The third-order valence-corrected chi connectivity index (χ3v) is 4.53. The molecule has 1 aromatic heterocycles. The van der Waals surface area contributed by atoms with Gasteiger partial charge in [0.25, 0.3) is 0 Å². The molecule has 0 fully saturated rings. The van der Waals surface area contributed by atoms with Gasteiger partial charge in [-0.2, -0.15) is 0 Å². The van der Waals surface area contributed by atoms with Crippen LogP contribution in [0.15, 0.2) is 48.5 Å². The van der Waals surface area contributed by atoms with E-state index in [1.54, 1.807) is 0 Å². The molecule has 1 aliphatic rings. The summed E-state index contributed by atoms with van der Waals surface area (Å²) >= 11 is 0. The number of hydrogen-bond donors (Lipinski definition) is 0. The van der Waals surface area contributed by atoms with Crippen molar-refractivity contribution in [2.75, 3.05) is 0 Å². The molecule has 0 amide bonds. The Labute approximate surface area is 135 Å². The first-order valence-corrected chi connectivity index (χ1v) is 8.19. The van der Waals surface area contributed by atoms with Gasteiger partial charge < -0.3 is 9.30 Å². The van der Waals surface area contributed by atoms with E-state index in [0.29, 0.717) is 6.42 Å². The van der Waals surface area contributed by atoms with Gasteiger partial charge in [-0.3, -0.25) is 4.79 Å². The molecule has 3 heteroatoms. The van der Waals surface area contributed by atoms with Gasteiger partial charge in [0.2, 0.25) is 0 Å². The Bertz CT molecular complexity index is 878. The molecule has 3 nitrogen and oxygen atoms in total. The lowest BCUT2D eigenvalue weighted by Gasteiger charge is -2.13. The van der Waals surface area contributed by atoms with E-state index < -0.39 is 0 Å². The minimum Gasteiger partial charge on any atom is -0.457 e. The first-order chi connectivity index (χ1) is 11.3. The number of Topliss-reactive ketones (excluding diaryl/α,β-unsaturated/α-hetero) is 1. The molecule has 0 aliphatic heterocycles. The highest BCUT2D eigenvalue weighted by atomic mass is 16.5. The average molecular weight is 305 g/mol. The molecule has 0 radical (unpaired) electrons. The van der Waals surface area contributed by atoms with Crippen LogP contribution in [0.25, 0.3) is 10.9 Å². The Hall–Kier alpha value is -2.55. The SMILES string of the molecule is CCn1c2c(c3cc(Oc4ccccc4)ccc31)CCCC2=O. The van der Waals surface area contributed by atoms with Crippen LogP contribution in [0.3, 0.4) is 0 Å². The van der Waals surface area contributed by atoms with Crippen LogP contribution in [0.2, 0.25) is 0 Å². The van der Waals surface area contributed by atoms with Crippen molar-refractivity contribution in [1.82, 2.24) is 4.57 Å². The third-order valence-electron chi connectivity index (χ3n) is 4.53. The van der Waals surface area contributed by atoms with Crippen molar-refractivity contribution >= 4 is 16.7 Å². The Kier molecular flexibility index (Phi) is 3.41. The molecule has 4 rings (SSSR count). The van der Waals surface area contributed by atoms with Gasteiger partial charge in [-0.15, -0.1) is 0 Å². The average Bonchev–Trinajstić information content (AvgIpc) is 2.90. The number of aryl methyl sites for hydroxylation is 2. The summed E-state index contributed by atoms with van der Waals surface area (Å²) in [6, 6.07) is 15.9. The molecule has 0 saturated heterocycles. The van der Waals surface area contributed by atoms with Crippen LogP contribution in [0, 0.1) is 0 Å². The molecule has 0 spiro atoms. The van der Waals surface area contributed by atoms with Crippen molar-refractivity contribution in [1.29, 1.82) is 0 Å². The summed E-state index contributed by atoms with van der Waals surface area (Å²) in [5.41, 5.74) is 3.23. The number of hydrogen-bond acceptors (Lipinski definition) is 2. The predicted molar refractivity (Wildman–Crippen MR) is 91.4 cm³/mol. The van der Waals surface area contributed by atoms with E-state index in [9.17, 15) is 4.79 Å². The van der Waals surface area contributed by atoms with Gasteiger partial charge in [-0.1, -0.05) is 18.2 Å². The smallest absolute Gasteiger partial charge is 0.179 e. The lowest BCUT2D eigenvalue weighted by atomic mass is 9.94. The zero-order valence-electron chi connectivity index (χ0n) is 13.2. The maximum absolute atomic E-state index is 12.4. The quantitative estimate of drug-likeness (QED) is 0.684. The van der Waals surface area contributed by atoms with Gasteiger partial charge >= 0.3 is 0 Å². The number of para-hydroxylation sites is 1. The number of ketones is 1. The van der Waals surface area contributed by atoms with E-state index in [2.05, 4.69) is 23.6 Å². The van der Waals surface area contributed by atoms with E-state index in [1.165, 1.54) is 5.56 Å². The van der Waals surface area contributed by atoms with Crippen molar-refractivity contribution < 1.29 is 9.53 Å². The fourth-order valence-corrected chi connectivity index (χ4v) is 3.54. The Morgan fingerprint density at radius 2 is 1.87 bits per heavy atom. The Balaban J connectivity index is 1.84. The lowest BCUT2D eigenvalue weighted by molar-refractivity contribution is 0.0963. The zero-order chi connectivity index (χ0) is 15.8. The van der Waals surface area contributed by atoms with Gasteiger partial charge in [-0.05, 0) is 55.7 Å². The van der Waals surface area contributed by atoms with E-state index in [4.69, 9.17) is 4.74 Å². The zero-order valence-corrected chi connectivity index (χ0v) is 13.2. The standard InChI is InChI=1S/C20H19NO2/c1-2-21-18-12-11-15(23-14-7-4-3-5-8-14)13-17(18)16-9-6-10-19(22)20(16)21/h3-5,7-8,11-13H,2,6,9-10H2,1H3. The summed E-state index contributed by atoms with van der Waals surface area (Å²) in [6.07, 6.45) is 2.58. The van der Waals surface area contributed by atoms with E-state index in [-0.39, 0.29) is 5.78 Å². The van der Waals surface area contributed by atoms with Crippen LogP contribution in [-0.2, 0) is 13.0 Å². The first kappa shape index (κ1) is 14.1. The summed E-state index contributed by atoms with van der Waals surface area (Å²) in [5.74, 6) is 1.92. The van der Waals surface area contributed by atoms with E-state index in [0.717, 1.165) is 47.5 Å². The van der Waals surface area contributed by atoms with E-state index >= 15 is 0 Å². The summed E-state index contributed by atoms with van der Waals surface area (Å²) in [7, 11) is 0. The van der Waals surface area contributed by atoms with Crippen LogP contribution in [0.1, 0.15) is 35.8 Å². The van der Waals surface area contributed by atoms with Crippen molar-refractivity contribution in [2.24, 2.45) is 0 Å². The number of carbonyl (C=O) groups excluding carboxylic acids is 1. The second-order valence-corrected chi connectivity index (χ2v) is 5.94. The number of aromatic nitrogens is 1. The minimum absolute atomic E-state index is 0.273. The number of ether oxygens (including phenoxy) is 1. The van der Waals surface area contributed by atoms with Gasteiger partial charge in [0.05, 0.1) is 5.69 Å². The highest BCUT2D eigenvalue weighted by Crippen LogP contribution is 2.35. The second kappa shape index (κ2) is 5.58. The Morgan fingerprint density at radius 1 is 1.04 bits per heavy atom. The van der Waals surface area contributed by atoms with Crippen molar-refractivity contribution in [2.45, 2.75) is 32.7 Å². The maximum Gasteiger partial charge on any atom is 0.179 e. The topological polar surface area (TPSA) is 31.2 Å². The summed E-state index contributed by atoms with van der Waals surface area (Å²) < 4.78 is 8.10. The van der Waals surface area contributed by atoms with Crippen molar-refractivity contribution in [3.05, 3.63) is 59.8 Å². The summed E-state index contributed by atoms with van der Waals surface area (Å²) in [5, 5.41) is 1.16. The van der Waals surface area contributed by atoms with Gasteiger partial charge in [0.1, 0.15) is 11.5 Å². The number of carbonyl (C=O) groups is 1. The normalized spacial score (nSPS) is 14.0. The van der Waals surface area contributed by atoms with Gasteiger partial charge in [-0.25, -0.2) is 0 Å². The molecule has 1 aliphatic carbocycles. The molecule has 0 saturated carbocycles. The largest absolute Gasteiger partial charge is 0.457 e. The number of fused-ring (bicyclic) bond motifs is 3. The monoisotopic (exact) mass is 305 g/mol. The Morgan fingerprint density at radius 3 is 2.65 bits per heavy atom. The molecule has 2 aromatic carbocycles. The van der Waals surface area contributed by atoms with Crippen LogP contribution in [-0.4, -0.2) is 10.4 Å².